The van der Waals surface area contributed by atoms with Crippen molar-refractivity contribution in [2.45, 2.75) is 84.7 Å². The van der Waals surface area contributed by atoms with Gasteiger partial charge in [-0.3, -0.25) is 4.79 Å². The van der Waals surface area contributed by atoms with E-state index in [1.54, 1.807) is 0 Å². The first-order valence-electron chi connectivity index (χ1n) is 10.8. The molecule has 2 aliphatic rings. The van der Waals surface area contributed by atoms with Crippen LogP contribution in [0.4, 0.5) is 0 Å². The molecule has 0 saturated heterocycles. The summed E-state index contributed by atoms with van der Waals surface area (Å²) in [5.74, 6) is 1.06. The molecular formula is C24H35NO3. The minimum atomic E-state index is -0.296. The molecule has 1 aliphatic carbocycles. The molecule has 1 amide bonds. The Hall–Kier alpha value is -1.97. The molecule has 1 aromatic carbocycles. The maximum absolute atomic E-state index is 12.8. The first kappa shape index (κ1) is 20.8. The van der Waals surface area contributed by atoms with Crippen molar-refractivity contribution in [2.24, 2.45) is 5.92 Å². The Morgan fingerprint density at radius 2 is 2.07 bits per heavy atom. The summed E-state index contributed by atoms with van der Waals surface area (Å²) in [7, 11) is 0. The normalized spacial score (nSPS) is 22.5. The number of hydrogen-bond donors (Lipinski definition) is 2. The molecule has 4 heteroatoms. The Kier molecular flexibility index (Phi) is 6.07. The summed E-state index contributed by atoms with van der Waals surface area (Å²) in [6, 6.07) is 2.02. The van der Waals surface area contributed by atoms with Gasteiger partial charge in [-0.05, 0) is 65.0 Å². The zero-order valence-electron chi connectivity index (χ0n) is 18.0. The van der Waals surface area contributed by atoms with Crippen molar-refractivity contribution in [1.82, 2.24) is 5.32 Å². The summed E-state index contributed by atoms with van der Waals surface area (Å²) >= 11 is 0. The minimum Gasteiger partial charge on any atom is -0.507 e. The number of phenolic OH excluding ortho intramolecular Hbond substituents is 1. The summed E-state index contributed by atoms with van der Waals surface area (Å²) < 4.78 is 6.43. The van der Waals surface area contributed by atoms with E-state index in [9.17, 15) is 9.90 Å². The molecule has 0 bridgehead atoms. The molecule has 0 aromatic heterocycles. The molecule has 1 aliphatic heterocycles. The lowest BCUT2D eigenvalue weighted by Gasteiger charge is -2.46. The average molecular weight is 386 g/mol. The van der Waals surface area contributed by atoms with E-state index in [4.69, 9.17) is 4.74 Å². The fourth-order valence-electron chi connectivity index (χ4n) is 4.88. The number of fused-ring (bicyclic) bond motifs is 3. The van der Waals surface area contributed by atoms with Crippen molar-refractivity contribution in [3.05, 3.63) is 34.4 Å². The van der Waals surface area contributed by atoms with Gasteiger partial charge in [-0.1, -0.05) is 31.4 Å². The molecule has 0 spiro atoms. The first-order valence-corrected chi connectivity index (χ1v) is 10.8. The number of ether oxygens (including phenoxy) is 1. The Labute approximate surface area is 169 Å². The van der Waals surface area contributed by atoms with Gasteiger partial charge in [0.2, 0.25) is 0 Å². The van der Waals surface area contributed by atoms with Gasteiger partial charge in [0, 0.05) is 23.9 Å². The molecular weight excluding hydrogens is 350 g/mol. The van der Waals surface area contributed by atoms with Crippen molar-refractivity contribution >= 4 is 5.91 Å². The molecule has 154 valence electrons. The van der Waals surface area contributed by atoms with Crippen molar-refractivity contribution in [3.63, 3.8) is 0 Å². The number of rotatable bonds is 6. The van der Waals surface area contributed by atoms with Crippen molar-refractivity contribution in [1.29, 1.82) is 0 Å². The van der Waals surface area contributed by atoms with Gasteiger partial charge in [-0.15, -0.1) is 0 Å². The van der Waals surface area contributed by atoms with Crippen LogP contribution in [0.15, 0.2) is 17.7 Å². The topological polar surface area (TPSA) is 58.6 Å². The van der Waals surface area contributed by atoms with Crippen LogP contribution in [0.2, 0.25) is 0 Å². The van der Waals surface area contributed by atoms with Gasteiger partial charge in [0.15, 0.2) is 0 Å². The van der Waals surface area contributed by atoms with Crippen molar-refractivity contribution in [3.8, 4) is 11.5 Å². The number of amides is 1. The van der Waals surface area contributed by atoms with Crippen LogP contribution in [-0.4, -0.2) is 23.2 Å². The van der Waals surface area contributed by atoms with Gasteiger partial charge in [-0.2, -0.15) is 0 Å². The van der Waals surface area contributed by atoms with E-state index in [-0.39, 0.29) is 23.2 Å². The quantitative estimate of drug-likeness (QED) is 0.503. The van der Waals surface area contributed by atoms with E-state index < -0.39 is 0 Å². The fraction of sp³-hybridized carbons (Fsp3) is 0.625. The molecule has 4 nitrogen and oxygen atoms in total. The Morgan fingerprint density at radius 3 is 2.75 bits per heavy atom. The van der Waals surface area contributed by atoms with Gasteiger partial charge < -0.3 is 15.2 Å². The summed E-state index contributed by atoms with van der Waals surface area (Å²) in [4.78, 5) is 12.8. The lowest BCUT2D eigenvalue weighted by Crippen LogP contribution is -2.45. The highest BCUT2D eigenvalue weighted by Crippen LogP contribution is 2.54. The number of hydrogen-bond acceptors (Lipinski definition) is 3. The van der Waals surface area contributed by atoms with E-state index in [1.807, 2.05) is 13.0 Å². The molecule has 3 rings (SSSR count). The van der Waals surface area contributed by atoms with E-state index in [1.165, 1.54) is 5.57 Å². The largest absolute Gasteiger partial charge is 0.507 e. The number of phenols is 1. The molecule has 0 saturated carbocycles. The van der Waals surface area contributed by atoms with Crippen LogP contribution in [0.25, 0.3) is 0 Å². The van der Waals surface area contributed by atoms with E-state index >= 15 is 0 Å². The first-order chi connectivity index (χ1) is 13.3. The van der Waals surface area contributed by atoms with Crippen LogP contribution < -0.4 is 10.1 Å². The van der Waals surface area contributed by atoms with Crippen LogP contribution >= 0.6 is 0 Å². The highest BCUT2D eigenvalue weighted by atomic mass is 16.5. The summed E-state index contributed by atoms with van der Waals surface area (Å²) in [6.45, 7) is 11.1. The standard InChI is InChI=1S/C24H35NO3/c1-6-8-9-10-16-14-19-21(22(26)20(16)23(27)25-7-2)17-13-15(3)11-12-18(17)24(4,5)28-19/h13-14,17-18,26H,6-12H2,1-5H3,(H,25,27). The average Bonchev–Trinajstić information content (AvgIpc) is 2.61. The maximum Gasteiger partial charge on any atom is 0.255 e. The second kappa shape index (κ2) is 8.18. The Morgan fingerprint density at radius 1 is 1.32 bits per heavy atom. The van der Waals surface area contributed by atoms with Crippen LogP contribution in [0.1, 0.15) is 94.1 Å². The predicted molar refractivity (Wildman–Crippen MR) is 113 cm³/mol. The molecule has 28 heavy (non-hydrogen) atoms. The van der Waals surface area contributed by atoms with E-state index in [0.29, 0.717) is 18.0 Å². The molecule has 0 fully saturated rings. The number of benzene rings is 1. The SMILES string of the molecule is CCCCCc1cc2c(c(O)c1C(=O)NCC)C1C=C(C)CCC1C(C)(C)O2. The molecule has 0 radical (unpaired) electrons. The molecule has 1 aromatic rings. The zero-order valence-corrected chi connectivity index (χ0v) is 18.0. The third kappa shape index (κ3) is 3.78. The highest BCUT2D eigenvalue weighted by molar-refractivity contribution is 5.99. The van der Waals surface area contributed by atoms with Crippen LogP contribution in [0.3, 0.4) is 0 Å². The number of aromatic hydroxyl groups is 1. The third-order valence-electron chi connectivity index (χ3n) is 6.34. The molecule has 2 atom stereocenters. The Bertz CT molecular complexity index is 779. The monoisotopic (exact) mass is 385 g/mol. The molecule has 1 heterocycles. The van der Waals surface area contributed by atoms with E-state index in [2.05, 4.69) is 39.1 Å². The third-order valence-corrected chi connectivity index (χ3v) is 6.34. The van der Waals surface area contributed by atoms with Crippen LogP contribution in [-0.2, 0) is 6.42 Å². The minimum absolute atomic E-state index is 0.0883. The predicted octanol–water partition coefficient (Wildman–Crippen LogP) is 5.49. The second-order valence-corrected chi connectivity index (χ2v) is 8.88. The number of allylic oxidation sites excluding steroid dienone is 2. The lowest BCUT2D eigenvalue weighted by molar-refractivity contribution is 0.0107. The number of aryl methyl sites for hydroxylation is 1. The highest BCUT2D eigenvalue weighted by Gasteiger charge is 2.46. The smallest absolute Gasteiger partial charge is 0.255 e. The number of carbonyl (C=O) groups is 1. The fourth-order valence-corrected chi connectivity index (χ4v) is 4.88. The van der Waals surface area contributed by atoms with Gasteiger partial charge in [-0.25, -0.2) is 0 Å². The van der Waals surface area contributed by atoms with E-state index in [0.717, 1.165) is 55.4 Å². The Balaban J connectivity index is 2.15. The summed E-state index contributed by atoms with van der Waals surface area (Å²) in [6.07, 6.45) is 8.35. The number of unbranched alkanes of at least 4 members (excludes halogenated alkanes) is 2. The van der Waals surface area contributed by atoms with Gasteiger partial charge in [0.1, 0.15) is 17.1 Å². The van der Waals surface area contributed by atoms with Gasteiger partial charge >= 0.3 is 0 Å². The number of carbonyl (C=O) groups excluding carboxylic acids is 1. The van der Waals surface area contributed by atoms with Crippen molar-refractivity contribution in [2.75, 3.05) is 6.54 Å². The molecule has 2 N–H and O–H groups in total. The second-order valence-electron chi connectivity index (χ2n) is 8.88. The number of nitrogens with one attached hydrogen (secondary N) is 1. The van der Waals surface area contributed by atoms with Crippen molar-refractivity contribution < 1.29 is 14.6 Å². The lowest BCUT2D eigenvalue weighted by atomic mass is 9.67. The summed E-state index contributed by atoms with van der Waals surface area (Å²) in [5, 5.41) is 14.2. The van der Waals surface area contributed by atoms with Crippen LogP contribution in [0.5, 0.6) is 11.5 Å². The maximum atomic E-state index is 12.8. The summed E-state index contributed by atoms with van der Waals surface area (Å²) in [5.41, 5.74) is 3.17. The zero-order chi connectivity index (χ0) is 20.5. The van der Waals surface area contributed by atoms with Gasteiger partial charge in [0.25, 0.3) is 5.91 Å². The molecule has 2 unspecified atom stereocenters. The van der Waals surface area contributed by atoms with Gasteiger partial charge in [0.05, 0.1) is 5.56 Å². The van der Waals surface area contributed by atoms with Crippen LogP contribution in [0, 0.1) is 5.92 Å².